The number of rotatable bonds is 6. The molecule has 11 heteroatoms. The summed E-state index contributed by atoms with van der Waals surface area (Å²) in [7, 11) is -3.56. The zero-order valence-corrected chi connectivity index (χ0v) is 20.1. The van der Waals surface area contributed by atoms with E-state index in [-0.39, 0.29) is 29.6 Å². The number of benzene rings is 2. The first-order chi connectivity index (χ1) is 16.4. The first-order valence-corrected chi connectivity index (χ1v) is 13.2. The van der Waals surface area contributed by atoms with Crippen molar-refractivity contribution in [2.75, 3.05) is 31.9 Å². The molecule has 1 aliphatic rings. The Morgan fingerprint density at radius 3 is 2.56 bits per heavy atom. The molecule has 1 aliphatic heterocycles. The van der Waals surface area contributed by atoms with Gasteiger partial charge in [-0.15, -0.1) is 10.2 Å². The molecule has 34 heavy (non-hydrogen) atoms. The molecule has 1 N–H and O–H groups in total. The first-order valence-electron chi connectivity index (χ1n) is 10.8. The van der Waals surface area contributed by atoms with Crippen LogP contribution >= 0.6 is 11.8 Å². The van der Waals surface area contributed by atoms with E-state index in [9.17, 15) is 13.2 Å². The summed E-state index contributed by atoms with van der Waals surface area (Å²) in [4.78, 5) is 17.8. The first kappa shape index (κ1) is 22.6. The summed E-state index contributed by atoms with van der Waals surface area (Å²) in [6, 6.07) is 14.6. The van der Waals surface area contributed by atoms with Gasteiger partial charge in [0, 0.05) is 43.3 Å². The Morgan fingerprint density at radius 2 is 1.79 bits per heavy atom. The van der Waals surface area contributed by atoms with Gasteiger partial charge in [-0.1, -0.05) is 47.7 Å². The second-order valence-electron chi connectivity index (χ2n) is 8.01. The van der Waals surface area contributed by atoms with E-state index < -0.39 is 10.0 Å². The number of aromatic nitrogens is 3. The van der Waals surface area contributed by atoms with Crippen LogP contribution in [0.3, 0.4) is 0 Å². The summed E-state index contributed by atoms with van der Waals surface area (Å²) in [5, 5.41) is 9.47. The minimum Gasteiger partial charge on any atom is -0.411 e. The summed E-state index contributed by atoms with van der Waals surface area (Å²) in [6.07, 6.45) is 1.82. The third-order valence-corrected chi connectivity index (χ3v) is 8.51. The molecule has 0 atom stereocenters. The van der Waals surface area contributed by atoms with Crippen molar-refractivity contribution in [2.45, 2.75) is 17.0 Å². The summed E-state index contributed by atoms with van der Waals surface area (Å²) >= 11 is 1.18. The number of H-pyrrole nitrogens is 1. The highest BCUT2D eigenvalue weighted by atomic mass is 32.2. The van der Waals surface area contributed by atoms with Crippen molar-refractivity contribution in [3.8, 4) is 11.5 Å². The van der Waals surface area contributed by atoms with Crippen LogP contribution in [-0.4, -0.2) is 70.6 Å². The number of aryl methyl sites for hydroxylation is 1. The normalized spacial score (nSPS) is 15.1. The van der Waals surface area contributed by atoms with Crippen LogP contribution in [0.15, 0.2) is 69.3 Å². The van der Waals surface area contributed by atoms with Gasteiger partial charge in [-0.2, -0.15) is 4.31 Å². The van der Waals surface area contributed by atoms with Crippen molar-refractivity contribution < 1.29 is 17.6 Å². The average Bonchev–Trinajstić information content (AvgIpc) is 3.50. The zero-order chi connectivity index (χ0) is 23.7. The maximum atomic E-state index is 12.9. The molecule has 0 unspecified atom stereocenters. The van der Waals surface area contributed by atoms with Crippen molar-refractivity contribution in [1.82, 2.24) is 24.4 Å². The Morgan fingerprint density at radius 1 is 1.06 bits per heavy atom. The number of hydrogen-bond donors (Lipinski definition) is 1. The van der Waals surface area contributed by atoms with Crippen LogP contribution in [0, 0.1) is 6.92 Å². The molecule has 0 radical (unpaired) electrons. The Kier molecular flexibility index (Phi) is 6.15. The molecule has 0 saturated carbocycles. The maximum Gasteiger partial charge on any atom is 0.277 e. The third kappa shape index (κ3) is 4.46. The summed E-state index contributed by atoms with van der Waals surface area (Å²) in [5.41, 5.74) is 2.79. The molecule has 0 bridgehead atoms. The average molecular weight is 498 g/mol. The highest BCUT2D eigenvalue weighted by Gasteiger charge is 2.30. The Bertz CT molecular complexity index is 1420. The fourth-order valence-corrected chi connectivity index (χ4v) is 5.97. The summed E-state index contributed by atoms with van der Waals surface area (Å²) in [6.45, 7) is 3.12. The number of thioether (sulfide) groups is 1. The standard InChI is InChI=1S/C23H23N5O4S2/c1-16-6-8-17(9-7-16)34(30,31)28-12-10-27(11-13-28)21(29)15-33-23-26-25-22(32-23)19-14-24-20-5-3-2-4-18(19)20/h2-9,14,24H,10-13,15H2,1H3. The molecule has 2 aromatic heterocycles. The van der Waals surface area contributed by atoms with Gasteiger partial charge >= 0.3 is 0 Å². The van der Waals surface area contributed by atoms with Gasteiger partial charge in [0.15, 0.2) is 0 Å². The van der Waals surface area contributed by atoms with E-state index >= 15 is 0 Å². The number of amides is 1. The molecule has 5 rings (SSSR count). The van der Waals surface area contributed by atoms with Gasteiger partial charge in [0.2, 0.25) is 15.9 Å². The van der Waals surface area contributed by atoms with E-state index in [0.29, 0.717) is 24.2 Å². The minimum atomic E-state index is -3.56. The lowest BCUT2D eigenvalue weighted by Crippen LogP contribution is -2.50. The number of para-hydroxylation sites is 1. The Hall–Kier alpha value is -3.15. The smallest absolute Gasteiger partial charge is 0.277 e. The molecule has 0 aliphatic carbocycles. The molecule has 3 heterocycles. The van der Waals surface area contributed by atoms with Crippen molar-refractivity contribution in [3.05, 3.63) is 60.3 Å². The van der Waals surface area contributed by atoms with Gasteiger partial charge in [0.1, 0.15) is 0 Å². The Labute approximate surface area is 201 Å². The topological polar surface area (TPSA) is 112 Å². The monoisotopic (exact) mass is 497 g/mol. The van der Waals surface area contributed by atoms with Crippen molar-refractivity contribution in [3.63, 3.8) is 0 Å². The molecule has 0 spiro atoms. The van der Waals surface area contributed by atoms with E-state index in [2.05, 4.69) is 15.2 Å². The van der Waals surface area contributed by atoms with Crippen LogP contribution in [0.1, 0.15) is 5.56 Å². The highest BCUT2D eigenvalue weighted by Crippen LogP contribution is 2.29. The zero-order valence-electron chi connectivity index (χ0n) is 18.5. The third-order valence-electron chi connectivity index (χ3n) is 5.80. The van der Waals surface area contributed by atoms with E-state index in [1.807, 2.05) is 37.4 Å². The summed E-state index contributed by atoms with van der Waals surface area (Å²) in [5.74, 6) is 0.437. The number of carbonyl (C=O) groups is 1. The van der Waals surface area contributed by atoms with E-state index in [4.69, 9.17) is 4.42 Å². The van der Waals surface area contributed by atoms with Crippen LogP contribution in [0.4, 0.5) is 0 Å². The number of carbonyl (C=O) groups excluding carboxylic acids is 1. The van der Waals surface area contributed by atoms with Gasteiger partial charge in [-0.25, -0.2) is 8.42 Å². The van der Waals surface area contributed by atoms with Crippen LogP contribution in [0.5, 0.6) is 0 Å². The number of piperazine rings is 1. The van der Waals surface area contributed by atoms with E-state index in [0.717, 1.165) is 22.0 Å². The molecule has 176 valence electrons. The largest absolute Gasteiger partial charge is 0.411 e. The van der Waals surface area contributed by atoms with Gasteiger partial charge in [0.25, 0.3) is 11.1 Å². The number of nitrogens with one attached hydrogen (secondary N) is 1. The van der Waals surface area contributed by atoms with E-state index in [1.165, 1.54) is 16.1 Å². The molecular weight excluding hydrogens is 474 g/mol. The molecule has 1 fully saturated rings. The minimum absolute atomic E-state index is 0.0933. The fourth-order valence-electron chi connectivity index (χ4n) is 3.88. The molecule has 1 saturated heterocycles. The quantitative estimate of drug-likeness (QED) is 0.407. The van der Waals surface area contributed by atoms with Crippen LogP contribution < -0.4 is 0 Å². The second-order valence-corrected chi connectivity index (χ2v) is 10.9. The van der Waals surface area contributed by atoms with Crippen molar-refractivity contribution in [1.29, 1.82) is 0 Å². The van der Waals surface area contributed by atoms with Gasteiger partial charge < -0.3 is 14.3 Å². The lowest BCUT2D eigenvalue weighted by molar-refractivity contribution is -0.129. The fraction of sp³-hybridized carbons (Fsp3) is 0.261. The molecular formula is C23H23N5O4S2. The van der Waals surface area contributed by atoms with Gasteiger partial charge in [-0.05, 0) is 25.1 Å². The van der Waals surface area contributed by atoms with Gasteiger partial charge in [-0.3, -0.25) is 4.79 Å². The SMILES string of the molecule is Cc1ccc(S(=O)(=O)N2CCN(C(=O)CSc3nnc(-c4c[nH]c5ccccc45)o3)CC2)cc1. The number of fused-ring (bicyclic) bond motifs is 1. The molecule has 9 nitrogen and oxygen atoms in total. The number of hydrogen-bond acceptors (Lipinski definition) is 7. The van der Waals surface area contributed by atoms with Crippen molar-refractivity contribution in [2.24, 2.45) is 0 Å². The second kappa shape index (κ2) is 9.24. The van der Waals surface area contributed by atoms with Crippen LogP contribution in [0.25, 0.3) is 22.4 Å². The van der Waals surface area contributed by atoms with Crippen molar-refractivity contribution >= 4 is 38.6 Å². The van der Waals surface area contributed by atoms with Gasteiger partial charge in [0.05, 0.1) is 16.2 Å². The number of sulfonamides is 1. The molecule has 1 amide bonds. The predicted molar refractivity (Wildman–Crippen MR) is 129 cm³/mol. The maximum absolute atomic E-state index is 12.9. The predicted octanol–water partition coefficient (Wildman–Crippen LogP) is 3.15. The molecule has 2 aromatic carbocycles. The lowest BCUT2D eigenvalue weighted by atomic mass is 10.2. The van der Waals surface area contributed by atoms with E-state index in [1.54, 1.807) is 29.2 Å². The number of nitrogens with zero attached hydrogens (tertiary/aromatic N) is 4. The van der Waals surface area contributed by atoms with Crippen LogP contribution in [-0.2, 0) is 14.8 Å². The lowest BCUT2D eigenvalue weighted by Gasteiger charge is -2.34. The number of aromatic amines is 1. The Balaban J connectivity index is 1.16. The summed E-state index contributed by atoms with van der Waals surface area (Å²) < 4.78 is 32.9. The highest BCUT2D eigenvalue weighted by molar-refractivity contribution is 7.99. The van der Waals surface area contributed by atoms with Crippen LogP contribution in [0.2, 0.25) is 0 Å². The molecule has 4 aromatic rings.